The summed E-state index contributed by atoms with van der Waals surface area (Å²) >= 11 is 0. The van der Waals surface area contributed by atoms with Gasteiger partial charge in [-0.1, -0.05) is 32.0 Å². The average Bonchev–Trinajstić information content (AvgIpc) is 2.71. The van der Waals surface area contributed by atoms with Crippen LogP contribution in [0.25, 0.3) is 0 Å². The minimum Gasteiger partial charge on any atom is -0.494 e. The quantitative estimate of drug-likeness (QED) is 0.655. The molecular formula is C22H30N2O3. The van der Waals surface area contributed by atoms with Crippen molar-refractivity contribution < 1.29 is 14.3 Å². The number of para-hydroxylation sites is 1. The van der Waals surface area contributed by atoms with E-state index in [0.29, 0.717) is 25.3 Å². The predicted molar refractivity (Wildman–Crippen MR) is 109 cm³/mol. The Morgan fingerprint density at radius 1 is 0.963 bits per heavy atom. The summed E-state index contributed by atoms with van der Waals surface area (Å²) in [5.41, 5.74) is 1.58. The Morgan fingerprint density at radius 2 is 1.67 bits per heavy atom. The van der Waals surface area contributed by atoms with Crippen LogP contribution in [0.15, 0.2) is 48.5 Å². The SMILES string of the molecule is CCOc1ccc(C(=O)NCc2ccccc2OCCN(CC)CC)cc1. The van der Waals surface area contributed by atoms with Crippen LogP contribution >= 0.6 is 0 Å². The lowest BCUT2D eigenvalue weighted by atomic mass is 10.1. The molecule has 0 saturated heterocycles. The first-order chi connectivity index (χ1) is 13.2. The molecule has 0 aliphatic heterocycles. The van der Waals surface area contributed by atoms with Gasteiger partial charge in [-0.3, -0.25) is 4.79 Å². The van der Waals surface area contributed by atoms with Crippen LogP contribution in [0, 0.1) is 0 Å². The first-order valence-electron chi connectivity index (χ1n) is 9.62. The van der Waals surface area contributed by atoms with Gasteiger partial charge in [-0.05, 0) is 50.3 Å². The molecule has 2 aromatic carbocycles. The first-order valence-corrected chi connectivity index (χ1v) is 9.62. The van der Waals surface area contributed by atoms with Crippen molar-refractivity contribution in [3.8, 4) is 11.5 Å². The Balaban J connectivity index is 1.90. The van der Waals surface area contributed by atoms with Gasteiger partial charge in [0, 0.05) is 24.2 Å². The van der Waals surface area contributed by atoms with E-state index in [1.54, 1.807) is 12.1 Å². The normalized spacial score (nSPS) is 10.7. The van der Waals surface area contributed by atoms with Gasteiger partial charge in [0.05, 0.1) is 6.61 Å². The number of nitrogens with zero attached hydrogens (tertiary/aromatic N) is 1. The summed E-state index contributed by atoms with van der Waals surface area (Å²) in [6.45, 7) is 10.8. The molecule has 1 N–H and O–H groups in total. The fourth-order valence-electron chi connectivity index (χ4n) is 2.76. The number of likely N-dealkylation sites (N-methyl/N-ethyl adjacent to an activating group) is 1. The van der Waals surface area contributed by atoms with Crippen LogP contribution in [0.2, 0.25) is 0 Å². The Bertz CT molecular complexity index is 697. The molecule has 0 unspecified atom stereocenters. The number of ether oxygens (including phenoxy) is 2. The zero-order valence-electron chi connectivity index (χ0n) is 16.5. The van der Waals surface area contributed by atoms with E-state index < -0.39 is 0 Å². The van der Waals surface area contributed by atoms with Crippen LogP contribution in [0.5, 0.6) is 11.5 Å². The fourth-order valence-corrected chi connectivity index (χ4v) is 2.76. The van der Waals surface area contributed by atoms with Gasteiger partial charge in [-0.25, -0.2) is 0 Å². The van der Waals surface area contributed by atoms with Crippen molar-refractivity contribution in [3.63, 3.8) is 0 Å². The number of amides is 1. The van der Waals surface area contributed by atoms with Gasteiger partial charge in [-0.2, -0.15) is 0 Å². The molecule has 0 atom stereocenters. The largest absolute Gasteiger partial charge is 0.494 e. The predicted octanol–water partition coefficient (Wildman–Crippen LogP) is 3.74. The number of hydrogen-bond donors (Lipinski definition) is 1. The minimum absolute atomic E-state index is 0.115. The van der Waals surface area contributed by atoms with Crippen LogP contribution in [0.1, 0.15) is 36.7 Å². The van der Waals surface area contributed by atoms with E-state index in [2.05, 4.69) is 24.1 Å². The molecule has 2 aromatic rings. The van der Waals surface area contributed by atoms with E-state index >= 15 is 0 Å². The molecule has 146 valence electrons. The molecule has 2 rings (SSSR count). The molecule has 0 aromatic heterocycles. The van der Waals surface area contributed by atoms with Crippen molar-refractivity contribution in [1.29, 1.82) is 0 Å². The minimum atomic E-state index is -0.115. The molecule has 27 heavy (non-hydrogen) atoms. The standard InChI is InChI=1S/C22H30N2O3/c1-4-24(5-2)15-16-27-21-10-8-7-9-19(21)17-23-22(25)18-11-13-20(14-12-18)26-6-3/h7-14H,4-6,15-17H2,1-3H3,(H,23,25). The molecule has 5 nitrogen and oxygen atoms in total. The van der Waals surface area contributed by atoms with Crippen molar-refractivity contribution in [3.05, 3.63) is 59.7 Å². The van der Waals surface area contributed by atoms with Crippen molar-refractivity contribution in [2.45, 2.75) is 27.3 Å². The third-order valence-corrected chi connectivity index (χ3v) is 4.40. The van der Waals surface area contributed by atoms with Gasteiger partial charge in [0.2, 0.25) is 0 Å². The Labute approximate surface area is 162 Å². The van der Waals surface area contributed by atoms with E-state index in [4.69, 9.17) is 9.47 Å². The van der Waals surface area contributed by atoms with Crippen LogP contribution in [0.3, 0.4) is 0 Å². The molecule has 0 aliphatic rings. The summed E-state index contributed by atoms with van der Waals surface area (Å²) < 4.78 is 11.3. The van der Waals surface area contributed by atoms with Crippen molar-refractivity contribution in [1.82, 2.24) is 10.2 Å². The Hall–Kier alpha value is -2.53. The number of rotatable bonds is 11. The molecule has 0 fully saturated rings. The smallest absolute Gasteiger partial charge is 0.251 e. The number of carbonyl (C=O) groups is 1. The zero-order chi connectivity index (χ0) is 19.5. The van der Waals surface area contributed by atoms with Gasteiger partial charge in [0.25, 0.3) is 5.91 Å². The van der Waals surface area contributed by atoms with E-state index in [-0.39, 0.29) is 5.91 Å². The third-order valence-electron chi connectivity index (χ3n) is 4.40. The summed E-state index contributed by atoms with van der Waals surface area (Å²) in [6.07, 6.45) is 0. The van der Waals surface area contributed by atoms with Gasteiger partial charge in [0.1, 0.15) is 18.1 Å². The number of nitrogens with one attached hydrogen (secondary N) is 1. The number of hydrogen-bond acceptors (Lipinski definition) is 4. The van der Waals surface area contributed by atoms with Crippen LogP contribution in [-0.4, -0.2) is 43.7 Å². The van der Waals surface area contributed by atoms with Crippen LogP contribution in [0.4, 0.5) is 0 Å². The fraction of sp³-hybridized carbons (Fsp3) is 0.409. The van der Waals surface area contributed by atoms with E-state index in [9.17, 15) is 4.79 Å². The van der Waals surface area contributed by atoms with E-state index in [1.807, 2.05) is 43.3 Å². The molecule has 1 amide bonds. The molecule has 0 radical (unpaired) electrons. The highest BCUT2D eigenvalue weighted by Crippen LogP contribution is 2.18. The highest BCUT2D eigenvalue weighted by molar-refractivity contribution is 5.94. The van der Waals surface area contributed by atoms with Gasteiger partial charge in [-0.15, -0.1) is 0 Å². The maximum atomic E-state index is 12.4. The summed E-state index contributed by atoms with van der Waals surface area (Å²) in [5, 5.41) is 2.96. The van der Waals surface area contributed by atoms with Gasteiger partial charge < -0.3 is 19.7 Å². The van der Waals surface area contributed by atoms with Crippen molar-refractivity contribution >= 4 is 5.91 Å². The van der Waals surface area contributed by atoms with Crippen molar-refractivity contribution in [2.24, 2.45) is 0 Å². The highest BCUT2D eigenvalue weighted by atomic mass is 16.5. The zero-order valence-corrected chi connectivity index (χ0v) is 16.5. The van der Waals surface area contributed by atoms with Gasteiger partial charge in [0.15, 0.2) is 0 Å². The highest BCUT2D eigenvalue weighted by Gasteiger charge is 2.09. The second-order valence-corrected chi connectivity index (χ2v) is 6.12. The molecule has 0 saturated carbocycles. The summed E-state index contributed by atoms with van der Waals surface area (Å²) in [4.78, 5) is 14.7. The van der Waals surface area contributed by atoms with Gasteiger partial charge >= 0.3 is 0 Å². The Kier molecular flexibility index (Phi) is 8.65. The topological polar surface area (TPSA) is 50.8 Å². The monoisotopic (exact) mass is 370 g/mol. The average molecular weight is 370 g/mol. The summed E-state index contributed by atoms with van der Waals surface area (Å²) in [7, 11) is 0. The molecule has 5 heteroatoms. The number of carbonyl (C=O) groups excluding carboxylic acids is 1. The molecule has 0 bridgehead atoms. The van der Waals surface area contributed by atoms with Crippen molar-refractivity contribution in [2.75, 3.05) is 32.8 Å². The Morgan fingerprint density at radius 3 is 2.33 bits per heavy atom. The molecule has 0 heterocycles. The maximum absolute atomic E-state index is 12.4. The number of benzene rings is 2. The van der Waals surface area contributed by atoms with E-state index in [0.717, 1.165) is 36.7 Å². The molecule has 0 spiro atoms. The van der Waals surface area contributed by atoms with Crippen LogP contribution in [-0.2, 0) is 6.54 Å². The van der Waals surface area contributed by atoms with Crippen LogP contribution < -0.4 is 14.8 Å². The third kappa shape index (κ3) is 6.61. The molecular weight excluding hydrogens is 340 g/mol. The second-order valence-electron chi connectivity index (χ2n) is 6.12. The lowest BCUT2D eigenvalue weighted by molar-refractivity contribution is 0.0950. The second kappa shape index (κ2) is 11.2. The summed E-state index contributed by atoms with van der Waals surface area (Å²) in [6, 6.07) is 15.0. The molecule has 0 aliphatic carbocycles. The summed E-state index contributed by atoms with van der Waals surface area (Å²) in [5.74, 6) is 1.47. The van der Waals surface area contributed by atoms with E-state index in [1.165, 1.54) is 0 Å². The lowest BCUT2D eigenvalue weighted by Gasteiger charge is -2.19. The first kappa shape index (κ1) is 20.8. The lowest BCUT2D eigenvalue weighted by Crippen LogP contribution is -2.28. The maximum Gasteiger partial charge on any atom is 0.251 e.